The number of halogens is 1. The molecule has 1 unspecified atom stereocenters. The minimum atomic E-state index is -3.70. The van der Waals surface area contributed by atoms with Crippen molar-refractivity contribution in [3.05, 3.63) is 94.8 Å². The number of amides is 2. The van der Waals surface area contributed by atoms with Gasteiger partial charge in [-0.3, -0.25) is 9.59 Å². The van der Waals surface area contributed by atoms with Crippen LogP contribution in [0, 0.1) is 5.82 Å². The molecule has 180 valence electrons. The minimum Gasteiger partial charge on any atom is -0.371 e. The molecular weight excluding hydrogens is 469 g/mol. The quantitative estimate of drug-likeness (QED) is 0.568. The number of carbonyl (C=O) groups excluding carboxylic acids is 2. The third-order valence-electron chi connectivity index (χ3n) is 6.28. The van der Waals surface area contributed by atoms with Crippen molar-refractivity contribution in [2.75, 3.05) is 22.9 Å². The molecule has 2 amide bonds. The van der Waals surface area contributed by atoms with Crippen LogP contribution in [-0.4, -0.2) is 43.5 Å². The van der Waals surface area contributed by atoms with Crippen molar-refractivity contribution in [2.24, 2.45) is 0 Å². The number of sulfone groups is 1. The average Bonchev–Trinajstić information content (AvgIpc) is 2.83. The lowest BCUT2D eigenvalue weighted by Crippen LogP contribution is -2.44. The molecule has 0 aliphatic carbocycles. The molecule has 0 bridgehead atoms. The van der Waals surface area contributed by atoms with E-state index in [0.29, 0.717) is 35.6 Å². The molecule has 5 rings (SSSR count). The summed E-state index contributed by atoms with van der Waals surface area (Å²) in [6.45, 7) is 1.14. The zero-order valence-corrected chi connectivity index (χ0v) is 19.6. The molecule has 0 saturated heterocycles. The molecule has 1 atom stereocenters. The number of carbonyl (C=O) groups is 2. The van der Waals surface area contributed by atoms with Gasteiger partial charge in [-0.05, 0) is 53.4 Å². The Labute approximate surface area is 202 Å². The lowest BCUT2D eigenvalue weighted by atomic mass is 9.99. The van der Waals surface area contributed by atoms with Crippen molar-refractivity contribution in [1.82, 2.24) is 4.90 Å². The summed E-state index contributed by atoms with van der Waals surface area (Å²) in [4.78, 5) is 27.6. The third kappa shape index (κ3) is 5.05. The first-order chi connectivity index (χ1) is 16.8. The van der Waals surface area contributed by atoms with E-state index in [9.17, 15) is 22.4 Å². The van der Waals surface area contributed by atoms with E-state index >= 15 is 0 Å². The Hall–Kier alpha value is -3.72. The highest BCUT2D eigenvalue weighted by Gasteiger charge is 2.31. The van der Waals surface area contributed by atoms with Crippen molar-refractivity contribution in [1.29, 1.82) is 0 Å². The van der Waals surface area contributed by atoms with Gasteiger partial charge < -0.3 is 15.5 Å². The predicted molar refractivity (Wildman–Crippen MR) is 131 cm³/mol. The molecule has 2 N–H and O–H groups in total. The Kier molecular flexibility index (Phi) is 6.02. The smallest absolute Gasteiger partial charge is 0.254 e. The summed E-state index contributed by atoms with van der Waals surface area (Å²) in [5.41, 5.74) is 4.11. The SMILES string of the molecule is O=C1Nc2cc(C(=O)N3CCc4ccccc4C3)ccc2NC1CS(=O)(=O)Cc1cccc(F)c1. The van der Waals surface area contributed by atoms with Gasteiger partial charge in [-0.2, -0.15) is 0 Å². The number of hydrogen-bond acceptors (Lipinski definition) is 5. The number of nitrogens with one attached hydrogen (secondary N) is 2. The predicted octanol–water partition coefficient (Wildman–Crippen LogP) is 3.37. The van der Waals surface area contributed by atoms with E-state index in [1.807, 2.05) is 18.2 Å². The Morgan fingerprint density at radius 3 is 2.60 bits per heavy atom. The first-order valence-corrected chi connectivity index (χ1v) is 13.1. The van der Waals surface area contributed by atoms with Crippen LogP contribution in [-0.2, 0) is 33.4 Å². The van der Waals surface area contributed by atoms with Gasteiger partial charge in [0.05, 0.1) is 22.9 Å². The van der Waals surface area contributed by atoms with Crippen LogP contribution in [0.3, 0.4) is 0 Å². The fraction of sp³-hybridized carbons (Fsp3) is 0.231. The molecule has 3 aromatic carbocycles. The second kappa shape index (κ2) is 9.14. The van der Waals surface area contributed by atoms with E-state index in [1.54, 1.807) is 23.1 Å². The molecular formula is C26H24FN3O4S. The summed E-state index contributed by atoms with van der Waals surface area (Å²) >= 11 is 0. The van der Waals surface area contributed by atoms with Crippen LogP contribution in [0.25, 0.3) is 0 Å². The average molecular weight is 494 g/mol. The van der Waals surface area contributed by atoms with Gasteiger partial charge in [0.15, 0.2) is 9.84 Å². The van der Waals surface area contributed by atoms with Crippen LogP contribution in [0.4, 0.5) is 15.8 Å². The van der Waals surface area contributed by atoms with Gasteiger partial charge in [0.25, 0.3) is 5.91 Å². The van der Waals surface area contributed by atoms with Crippen molar-refractivity contribution >= 4 is 33.0 Å². The minimum absolute atomic E-state index is 0.128. The van der Waals surface area contributed by atoms with E-state index in [0.717, 1.165) is 12.0 Å². The lowest BCUT2D eigenvalue weighted by Gasteiger charge is -2.30. The Morgan fingerprint density at radius 1 is 1.00 bits per heavy atom. The zero-order chi connectivity index (χ0) is 24.6. The Balaban J connectivity index is 1.28. The van der Waals surface area contributed by atoms with Crippen molar-refractivity contribution in [3.63, 3.8) is 0 Å². The third-order valence-corrected chi connectivity index (χ3v) is 7.90. The van der Waals surface area contributed by atoms with Crippen LogP contribution >= 0.6 is 0 Å². The number of hydrogen-bond donors (Lipinski definition) is 2. The summed E-state index contributed by atoms with van der Waals surface area (Å²) in [6, 6.07) is 17.4. The number of benzene rings is 3. The summed E-state index contributed by atoms with van der Waals surface area (Å²) in [5.74, 6) is -1.95. The van der Waals surface area contributed by atoms with Gasteiger partial charge in [-0.25, -0.2) is 12.8 Å². The van der Waals surface area contributed by atoms with Gasteiger partial charge in [-0.15, -0.1) is 0 Å². The zero-order valence-electron chi connectivity index (χ0n) is 18.8. The molecule has 35 heavy (non-hydrogen) atoms. The molecule has 7 nitrogen and oxygen atoms in total. The van der Waals surface area contributed by atoms with Crippen LogP contribution in [0.5, 0.6) is 0 Å². The number of rotatable bonds is 5. The number of anilines is 2. The molecule has 2 aliphatic heterocycles. The first kappa shape index (κ1) is 23.0. The fourth-order valence-corrected chi connectivity index (χ4v) is 6.09. The van der Waals surface area contributed by atoms with Crippen LogP contribution in [0.2, 0.25) is 0 Å². The standard InChI is InChI=1S/C26H24FN3O4S/c27-21-7-3-4-17(12-21)15-35(33,34)16-24-25(31)29-23-13-19(8-9-22(23)28-24)26(32)30-11-10-18-5-1-2-6-20(18)14-30/h1-9,12-13,24,28H,10-11,14-16H2,(H,29,31). The molecule has 0 fully saturated rings. The van der Waals surface area contributed by atoms with E-state index in [2.05, 4.69) is 16.7 Å². The molecule has 0 saturated carbocycles. The highest BCUT2D eigenvalue weighted by Crippen LogP contribution is 2.30. The van der Waals surface area contributed by atoms with Gasteiger partial charge in [0, 0.05) is 18.7 Å². The molecule has 2 aliphatic rings. The molecule has 9 heteroatoms. The summed E-state index contributed by atoms with van der Waals surface area (Å²) in [5, 5.41) is 5.69. The molecule has 0 radical (unpaired) electrons. The topological polar surface area (TPSA) is 95.6 Å². The molecule has 3 aromatic rings. The fourth-order valence-electron chi connectivity index (χ4n) is 4.54. The highest BCUT2D eigenvalue weighted by molar-refractivity contribution is 7.90. The summed E-state index contributed by atoms with van der Waals surface area (Å²) < 4.78 is 38.7. The summed E-state index contributed by atoms with van der Waals surface area (Å²) in [7, 11) is -3.70. The van der Waals surface area contributed by atoms with Gasteiger partial charge in [0.2, 0.25) is 5.91 Å². The van der Waals surface area contributed by atoms with Crippen molar-refractivity contribution < 1.29 is 22.4 Å². The number of nitrogens with zero attached hydrogens (tertiary/aromatic N) is 1. The van der Waals surface area contributed by atoms with E-state index in [4.69, 9.17) is 0 Å². The van der Waals surface area contributed by atoms with Gasteiger partial charge >= 0.3 is 0 Å². The normalized spacial score (nSPS) is 17.1. The van der Waals surface area contributed by atoms with E-state index in [1.165, 1.54) is 29.8 Å². The molecule has 0 aromatic heterocycles. The maximum Gasteiger partial charge on any atom is 0.254 e. The van der Waals surface area contributed by atoms with E-state index in [-0.39, 0.29) is 11.7 Å². The molecule has 0 spiro atoms. The van der Waals surface area contributed by atoms with Gasteiger partial charge in [-0.1, -0.05) is 36.4 Å². The van der Waals surface area contributed by atoms with Crippen molar-refractivity contribution in [3.8, 4) is 0 Å². The Bertz CT molecular complexity index is 1420. The number of fused-ring (bicyclic) bond motifs is 2. The summed E-state index contributed by atoms with van der Waals surface area (Å²) in [6.07, 6.45) is 0.789. The first-order valence-electron chi connectivity index (χ1n) is 11.3. The largest absolute Gasteiger partial charge is 0.371 e. The van der Waals surface area contributed by atoms with Crippen LogP contribution < -0.4 is 10.6 Å². The van der Waals surface area contributed by atoms with Crippen molar-refractivity contribution in [2.45, 2.75) is 24.8 Å². The second-order valence-electron chi connectivity index (χ2n) is 8.88. The maximum atomic E-state index is 13.4. The highest BCUT2D eigenvalue weighted by atomic mass is 32.2. The monoisotopic (exact) mass is 493 g/mol. The second-order valence-corrected chi connectivity index (χ2v) is 11.0. The van der Waals surface area contributed by atoms with Crippen LogP contribution in [0.15, 0.2) is 66.7 Å². The van der Waals surface area contributed by atoms with E-state index < -0.39 is 33.4 Å². The Morgan fingerprint density at radius 2 is 1.80 bits per heavy atom. The van der Waals surface area contributed by atoms with Crippen LogP contribution in [0.1, 0.15) is 27.0 Å². The van der Waals surface area contributed by atoms with Gasteiger partial charge in [0.1, 0.15) is 11.9 Å². The maximum absolute atomic E-state index is 13.4. The molecule has 2 heterocycles. The lowest BCUT2D eigenvalue weighted by molar-refractivity contribution is -0.116.